The van der Waals surface area contributed by atoms with Crippen molar-refractivity contribution >= 4 is 22.8 Å². The number of para-hydroxylation sites is 1. The smallest absolute Gasteiger partial charge is 0.306 e. The summed E-state index contributed by atoms with van der Waals surface area (Å²) in [5, 5.41) is 6.67. The number of pyridine rings is 1. The van der Waals surface area contributed by atoms with E-state index in [0.29, 0.717) is 18.7 Å². The van der Waals surface area contributed by atoms with Crippen LogP contribution in [0.4, 0.5) is 19.0 Å². The first-order chi connectivity index (χ1) is 16.1. The maximum Gasteiger partial charge on any atom is 0.418 e. The molecule has 0 aliphatic carbocycles. The highest BCUT2D eigenvalue weighted by atomic mass is 19.4. The van der Waals surface area contributed by atoms with Crippen LogP contribution in [0.15, 0.2) is 52.2 Å². The van der Waals surface area contributed by atoms with Crippen LogP contribution in [-0.4, -0.2) is 30.2 Å². The molecule has 4 aromatic rings. The third-order valence-electron chi connectivity index (χ3n) is 5.05. The van der Waals surface area contributed by atoms with Crippen LogP contribution >= 0.6 is 0 Å². The lowest BCUT2D eigenvalue weighted by Gasteiger charge is -2.15. The highest BCUT2D eigenvalue weighted by Gasteiger charge is 2.34. The number of carbonyl (C=O) groups is 1. The van der Waals surface area contributed by atoms with Crippen molar-refractivity contribution in [1.82, 2.24) is 24.3 Å². The first-order valence-corrected chi connectivity index (χ1v) is 10.3. The summed E-state index contributed by atoms with van der Waals surface area (Å²) in [4.78, 5) is 43.6. The number of aryl methyl sites for hydroxylation is 2. The van der Waals surface area contributed by atoms with E-state index in [1.165, 1.54) is 41.1 Å². The van der Waals surface area contributed by atoms with Crippen molar-refractivity contribution in [2.75, 3.05) is 5.32 Å². The van der Waals surface area contributed by atoms with Crippen LogP contribution in [0.2, 0.25) is 0 Å². The zero-order valence-corrected chi connectivity index (χ0v) is 18.1. The third-order valence-corrected chi connectivity index (χ3v) is 5.05. The molecule has 34 heavy (non-hydrogen) atoms. The number of hydrogen-bond acceptors (Lipinski definition) is 5. The van der Waals surface area contributed by atoms with E-state index in [4.69, 9.17) is 0 Å². The fraction of sp³-hybridized carbons (Fsp3) is 0.227. The van der Waals surface area contributed by atoms with Gasteiger partial charge in [-0.25, -0.2) is 14.5 Å². The largest absolute Gasteiger partial charge is 0.418 e. The Morgan fingerprint density at radius 1 is 1.18 bits per heavy atom. The molecule has 0 atom stereocenters. The number of hydrogen-bond donors (Lipinski definition) is 2. The topological polar surface area (TPSA) is 115 Å². The van der Waals surface area contributed by atoms with Crippen LogP contribution in [0.25, 0.3) is 16.7 Å². The second-order valence-corrected chi connectivity index (χ2v) is 7.56. The lowest BCUT2D eigenvalue weighted by molar-refractivity contribution is -0.137. The van der Waals surface area contributed by atoms with Gasteiger partial charge in [0.1, 0.15) is 11.5 Å². The molecule has 1 amide bonds. The van der Waals surface area contributed by atoms with Gasteiger partial charge in [0.15, 0.2) is 0 Å². The van der Waals surface area contributed by atoms with Crippen LogP contribution in [-0.2, 0) is 12.7 Å². The zero-order chi connectivity index (χ0) is 24.6. The third kappa shape index (κ3) is 4.21. The Morgan fingerprint density at radius 3 is 2.62 bits per heavy atom. The predicted octanol–water partition coefficient (Wildman–Crippen LogP) is 3.26. The molecule has 9 nitrogen and oxygen atoms in total. The van der Waals surface area contributed by atoms with E-state index in [1.54, 1.807) is 6.92 Å². The minimum absolute atomic E-state index is 0.00385. The Bertz CT molecular complexity index is 1520. The van der Waals surface area contributed by atoms with Crippen molar-refractivity contribution in [3.63, 3.8) is 0 Å². The molecule has 0 aliphatic heterocycles. The molecule has 4 rings (SSSR count). The fourth-order valence-electron chi connectivity index (χ4n) is 3.58. The highest BCUT2D eigenvalue weighted by molar-refractivity contribution is 6.05. The second kappa shape index (κ2) is 8.61. The van der Waals surface area contributed by atoms with Crippen molar-refractivity contribution in [1.29, 1.82) is 0 Å². The summed E-state index contributed by atoms with van der Waals surface area (Å²) in [6.45, 7) is 3.75. The highest BCUT2D eigenvalue weighted by Crippen LogP contribution is 2.34. The maximum atomic E-state index is 13.5. The number of nitrogens with one attached hydrogen (secondary N) is 2. The van der Waals surface area contributed by atoms with Crippen LogP contribution in [0.5, 0.6) is 0 Å². The van der Waals surface area contributed by atoms with Gasteiger partial charge in [0.05, 0.1) is 27.9 Å². The van der Waals surface area contributed by atoms with Crippen LogP contribution < -0.4 is 16.6 Å². The molecule has 0 bridgehead atoms. The first kappa shape index (κ1) is 23.0. The number of aromatic nitrogens is 5. The van der Waals surface area contributed by atoms with E-state index in [-0.39, 0.29) is 28.1 Å². The molecular weight excluding hydrogens is 453 g/mol. The molecular formula is C22H19F3N6O3. The van der Waals surface area contributed by atoms with Crippen LogP contribution in [0.1, 0.15) is 35.0 Å². The number of fused-ring (bicyclic) bond motifs is 1. The van der Waals surface area contributed by atoms with E-state index >= 15 is 0 Å². The number of amides is 1. The molecule has 2 N–H and O–H groups in total. The van der Waals surface area contributed by atoms with Crippen LogP contribution in [0, 0.1) is 6.92 Å². The minimum Gasteiger partial charge on any atom is -0.306 e. The van der Waals surface area contributed by atoms with Gasteiger partial charge >= 0.3 is 11.9 Å². The van der Waals surface area contributed by atoms with Gasteiger partial charge in [0, 0.05) is 18.8 Å². The SMILES string of the molecule is CCCn1c(=O)[nH]c(=O)c2cc(C(=O)Nc3cc(C)nn3-c3ccccc3C(F)(F)F)cnc21. The van der Waals surface area contributed by atoms with Crippen molar-refractivity contribution in [2.45, 2.75) is 33.0 Å². The number of aromatic amines is 1. The lowest BCUT2D eigenvalue weighted by Crippen LogP contribution is -2.31. The number of alkyl halides is 3. The summed E-state index contributed by atoms with van der Waals surface area (Å²) in [6, 6.07) is 7.56. The number of rotatable bonds is 5. The van der Waals surface area contributed by atoms with Gasteiger partial charge in [-0.2, -0.15) is 18.3 Å². The van der Waals surface area contributed by atoms with Gasteiger partial charge in [-0.05, 0) is 31.5 Å². The Morgan fingerprint density at radius 2 is 1.91 bits per heavy atom. The summed E-state index contributed by atoms with van der Waals surface area (Å²) in [6.07, 6.45) is -2.82. The van der Waals surface area contributed by atoms with Crippen molar-refractivity contribution in [2.24, 2.45) is 0 Å². The quantitative estimate of drug-likeness (QED) is 0.463. The lowest BCUT2D eigenvalue weighted by atomic mass is 10.1. The molecule has 3 heterocycles. The van der Waals surface area contributed by atoms with Crippen LogP contribution in [0.3, 0.4) is 0 Å². The maximum absolute atomic E-state index is 13.5. The predicted molar refractivity (Wildman–Crippen MR) is 118 cm³/mol. The number of H-pyrrole nitrogens is 1. The van der Waals surface area contributed by atoms with E-state index in [9.17, 15) is 27.6 Å². The molecule has 0 aliphatic rings. The van der Waals surface area contributed by atoms with Gasteiger partial charge in [-0.1, -0.05) is 19.1 Å². The molecule has 0 saturated carbocycles. The number of anilines is 1. The van der Waals surface area contributed by atoms with E-state index in [2.05, 4.69) is 20.4 Å². The Hall–Kier alpha value is -4.22. The summed E-state index contributed by atoms with van der Waals surface area (Å²) in [5.74, 6) is -0.711. The molecule has 0 unspecified atom stereocenters. The average molecular weight is 472 g/mol. The first-order valence-electron chi connectivity index (χ1n) is 10.3. The molecule has 0 spiro atoms. The molecule has 0 saturated heterocycles. The molecule has 3 aromatic heterocycles. The van der Waals surface area contributed by atoms with Gasteiger partial charge in [-0.15, -0.1) is 0 Å². The Labute approximate surface area is 189 Å². The van der Waals surface area contributed by atoms with Crippen molar-refractivity contribution in [3.8, 4) is 5.69 Å². The molecule has 0 fully saturated rings. The van der Waals surface area contributed by atoms with E-state index < -0.39 is 28.9 Å². The fourth-order valence-corrected chi connectivity index (χ4v) is 3.58. The Kier molecular flexibility index (Phi) is 5.82. The number of halogens is 3. The minimum atomic E-state index is -4.63. The molecule has 1 aromatic carbocycles. The van der Waals surface area contributed by atoms with Gasteiger partial charge in [0.2, 0.25) is 0 Å². The van der Waals surface area contributed by atoms with E-state index in [0.717, 1.165) is 10.7 Å². The zero-order valence-electron chi connectivity index (χ0n) is 18.1. The molecule has 12 heteroatoms. The van der Waals surface area contributed by atoms with Gasteiger partial charge in [0.25, 0.3) is 11.5 Å². The number of carbonyl (C=O) groups excluding carboxylic acids is 1. The van der Waals surface area contributed by atoms with Gasteiger partial charge in [-0.3, -0.25) is 19.1 Å². The standard InChI is InChI=1S/C22H19F3N6O3/c1-3-8-30-18-14(20(33)28-21(30)34)10-13(11-26-18)19(32)27-17-9-12(2)29-31(17)16-7-5-4-6-15(16)22(23,24)25/h4-7,9-11H,3,8H2,1-2H3,(H,27,32)(H,28,33,34). The second-order valence-electron chi connectivity index (χ2n) is 7.56. The average Bonchev–Trinajstić information content (AvgIpc) is 3.15. The number of nitrogens with zero attached hydrogens (tertiary/aromatic N) is 4. The summed E-state index contributed by atoms with van der Waals surface area (Å²) >= 11 is 0. The Balaban J connectivity index is 1.74. The summed E-state index contributed by atoms with van der Waals surface area (Å²) in [5.41, 5.74) is -1.98. The normalized spacial score (nSPS) is 11.7. The van der Waals surface area contributed by atoms with Crippen molar-refractivity contribution in [3.05, 3.63) is 80.3 Å². The van der Waals surface area contributed by atoms with Crippen molar-refractivity contribution < 1.29 is 18.0 Å². The monoisotopic (exact) mass is 472 g/mol. The number of benzene rings is 1. The summed E-state index contributed by atoms with van der Waals surface area (Å²) in [7, 11) is 0. The van der Waals surface area contributed by atoms with E-state index in [1.807, 2.05) is 6.92 Å². The molecule has 176 valence electrons. The van der Waals surface area contributed by atoms with Gasteiger partial charge < -0.3 is 5.32 Å². The summed E-state index contributed by atoms with van der Waals surface area (Å²) < 4.78 is 42.8. The molecule has 0 radical (unpaired) electrons.